The van der Waals surface area contributed by atoms with E-state index >= 15 is 0 Å². The molecule has 0 spiro atoms. The van der Waals surface area contributed by atoms with Gasteiger partial charge in [-0.1, -0.05) is 18.2 Å². The standard InChI is InChI=1S/C8H12O5P2S2/c1-17-7-5-3-2-4-6(7)8(14(9,10)11)15(12,13)16/h2-5,8H,1H3,(H2,9,10,11)(H2,12,13,16). The summed E-state index contributed by atoms with van der Waals surface area (Å²) in [5, 5.41) is -1.73. The van der Waals surface area contributed by atoms with Gasteiger partial charge in [-0.05, 0) is 29.7 Å². The summed E-state index contributed by atoms with van der Waals surface area (Å²) in [5.74, 6) is 0. The molecule has 17 heavy (non-hydrogen) atoms. The Kier molecular flexibility index (Phi) is 4.97. The van der Waals surface area contributed by atoms with Crippen molar-refractivity contribution in [2.75, 3.05) is 6.26 Å². The minimum absolute atomic E-state index is 0.182. The molecule has 0 aliphatic carbocycles. The van der Waals surface area contributed by atoms with E-state index in [0.717, 1.165) is 0 Å². The molecule has 96 valence electrons. The molecular weight excluding hydrogens is 302 g/mol. The van der Waals surface area contributed by atoms with Crippen LogP contribution in [0.3, 0.4) is 0 Å². The van der Waals surface area contributed by atoms with Gasteiger partial charge in [0.05, 0.1) is 0 Å². The molecule has 1 unspecified atom stereocenters. The van der Waals surface area contributed by atoms with Gasteiger partial charge in [0.15, 0.2) is 5.40 Å². The first kappa shape index (κ1) is 15.3. The van der Waals surface area contributed by atoms with Crippen LogP contribution in [0.1, 0.15) is 11.0 Å². The van der Waals surface area contributed by atoms with E-state index in [0.29, 0.717) is 4.90 Å². The molecule has 1 atom stereocenters. The summed E-state index contributed by atoms with van der Waals surface area (Å²) < 4.78 is 11.4. The van der Waals surface area contributed by atoms with Crippen LogP contribution in [-0.2, 0) is 16.4 Å². The normalized spacial score (nSPS) is 14.6. The second-order valence-electron chi connectivity index (χ2n) is 3.29. The second-order valence-corrected chi connectivity index (χ2v) is 9.55. The van der Waals surface area contributed by atoms with Crippen molar-refractivity contribution in [3.05, 3.63) is 29.8 Å². The van der Waals surface area contributed by atoms with Crippen LogP contribution in [0.15, 0.2) is 29.2 Å². The molecule has 0 aromatic heterocycles. The highest BCUT2D eigenvalue weighted by atomic mass is 32.5. The molecule has 5 nitrogen and oxygen atoms in total. The second kappa shape index (κ2) is 5.51. The van der Waals surface area contributed by atoms with Crippen molar-refractivity contribution in [3.8, 4) is 0 Å². The molecule has 0 radical (unpaired) electrons. The van der Waals surface area contributed by atoms with Gasteiger partial charge in [0.25, 0.3) is 0 Å². The van der Waals surface area contributed by atoms with Crippen molar-refractivity contribution in [3.63, 3.8) is 0 Å². The van der Waals surface area contributed by atoms with Gasteiger partial charge in [-0.15, -0.1) is 11.8 Å². The Bertz CT molecular complexity index is 472. The number of benzene rings is 1. The van der Waals surface area contributed by atoms with E-state index in [1.54, 1.807) is 24.5 Å². The summed E-state index contributed by atoms with van der Waals surface area (Å²) in [4.78, 5) is 38.0. The van der Waals surface area contributed by atoms with Crippen molar-refractivity contribution in [1.29, 1.82) is 0 Å². The third-order valence-corrected chi connectivity index (χ3v) is 7.67. The lowest BCUT2D eigenvalue weighted by Gasteiger charge is -2.24. The highest BCUT2D eigenvalue weighted by Gasteiger charge is 2.42. The van der Waals surface area contributed by atoms with Gasteiger partial charge in [0.2, 0.25) is 6.49 Å². The predicted molar refractivity (Wildman–Crippen MR) is 71.7 cm³/mol. The Morgan fingerprint density at radius 1 is 1.24 bits per heavy atom. The fraction of sp³-hybridized carbons (Fsp3) is 0.250. The number of hydrogen-bond donors (Lipinski definition) is 4. The van der Waals surface area contributed by atoms with Crippen LogP contribution in [0.4, 0.5) is 0 Å². The zero-order chi connectivity index (χ0) is 13.3. The van der Waals surface area contributed by atoms with Crippen LogP contribution >= 0.6 is 25.8 Å². The van der Waals surface area contributed by atoms with E-state index in [4.69, 9.17) is 0 Å². The van der Waals surface area contributed by atoms with Gasteiger partial charge in [0.1, 0.15) is 0 Å². The summed E-state index contributed by atoms with van der Waals surface area (Å²) in [6.45, 7) is -4.10. The number of rotatable bonds is 4. The molecule has 0 heterocycles. The fourth-order valence-electron chi connectivity index (χ4n) is 1.44. The molecule has 0 bridgehead atoms. The van der Waals surface area contributed by atoms with Crippen LogP contribution < -0.4 is 0 Å². The fourth-order valence-corrected chi connectivity index (χ4v) is 6.44. The molecule has 9 heteroatoms. The Balaban J connectivity index is 3.44. The maximum Gasteiger partial charge on any atom is 0.342 e. The van der Waals surface area contributed by atoms with Crippen molar-refractivity contribution in [2.45, 2.75) is 10.3 Å². The first-order chi connectivity index (χ1) is 7.68. The Labute approximate surface area is 108 Å². The molecule has 4 N–H and O–H groups in total. The smallest absolute Gasteiger partial charge is 0.342 e. The van der Waals surface area contributed by atoms with E-state index in [-0.39, 0.29) is 5.56 Å². The van der Waals surface area contributed by atoms with E-state index in [9.17, 15) is 24.1 Å². The first-order valence-corrected chi connectivity index (χ1v) is 10.1. The van der Waals surface area contributed by atoms with Crippen LogP contribution in [0.2, 0.25) is 0 Å². The highest BCUT2D eigenvalue weighted by molar-refractivity contribution is 8.11. The zero-order valence-electron chi connectivity index (χ0n) is 8.79. The van der Waals surface area contributed by atoms with E-state index in [1.165, 1.54) is 17.8 Å². The molecule has 1 aromatic rings. The quantitative estimate of drug-likeness (QED) is 0.497. The van der Waals surface area contributed by atoms with Crippen LogP contribution in [-0.4, -0.2) is 25.8 Å². The molecule has 0 saturated carbocycles. The van der Waals surface area contributed by atoms with Crippen molar-refractivity contribution >= 4 is 37.7 Å². The molecule has 0 saturated heterocycles. The third kappa shape index (κ3) is 3.88. The van der Waals surface area contributed by atoms with Gasteiger partial charge in [-0.25, -0.2) is 0 Å². The lowest BCUT2D eigenvalue weighted by molar-refractivity contribution is 0.362. The minimum atomic E-state index is -4.73. The average Bonchev–Trinajstić information content (AvgIpc) is 2.14. The SMILES string of the molecule is CSc1ccccc1C(P(=O)(O)O)P(O)(O)=S. The van der Waals surface area contributed by atoms with Gasteiger partial charge in [0, 0.05) is 4.90 Å². The largest absolute Gasteiger partial charge is 0.344 e. The number of thioether (sulfide) groups is 1. The molecule has 0 amide bonds. The van der Waals surface area contributed by atoms with Gasteiger partial charge in [-0.2, -0.15) is 0 Å². The highest BCUT2D eigenvalue weighted by Crippen LogP contribution is 2.70. The summed E-state index contributed by atoms with van der Waals surface area (Å²) in [6.07, 6.45) is 1.73. The van der Waals surface area contributed by atoms with Crippen molar-refractivity contribution < 1.29 is 24.1 Å². The Morgan fingerprint density at radius 2 is 1.76 bits per heavy atom. The topological polar surface area (TPSA) is 98.0 Å². The summed E-state index contributed by atoms with van der Waals surface area (Å²) in [6, 6.07) is 6.36. The minimum Gasteiger partial charge on any atom is -0.344 e. The van der Waals surface area contributed by atoms with Crippen LogP contribution in [0, 0.1) is 0 Å². The monoisotopic (exact) mass is 314 g/mol. The van der Waals surface area contributed by atoms with Crippen LogP contribution in [0.25, 0.3) is 0 Å². The van der Waals surface area contributed by atoms with E-state index < -0.39 is 19.5 Å². The van der Waals surface area contributed by atoms with Crippen LogP contribution in [0.5, 0.6) is 0 Å². The lowest BCUT2D eigenvalue weighted by Crippen LogP contribution is -2.02. The van der Waals surface area contributed by atoms with Gasteiger partial charge >= 0.3 is 7.60 Å². The average molecular weight is 314 g/mol. The molecule has 1 rings (SSSR count). The lowest BCUT2D eigenvalue weighted by atomic mass is 10.2. The molecule has 1 aromatic carbocycles. The van der Waals surface area contributed by atoms with Crippen molar-refractivity contribution in [2.24, 2.45) is 0 Å². The Hall–Kier alpha value is 0.290. The Morgan fingerprint density at radius 3 is 2.18 bits per heavy atom. The number of hydrogen-bond acceptors (Lipinski definition) is 3. The van der Waals surface area contributed by atoms with E-state index in [2.05, 4.69) is 11.8 Å². The molecule has 0 aliphatic rings. The van der Waals surface area contributed by atoms with Gasteiger partial charge < -0.3 is 19.6 Å². The van der Waals surface area contributed by atoms with Crippen molar-refractivity contribution in [1.82, 2.24) is 0 Å². The third-order valence-electron chi connectivity index (χ3n) is 2.05. The summed E-state index contributed by atoms with van der Waals surface area (Å²) in [5.41, 5.74) is 0.182. The maximum atomic E-state index is 11.4. The van der Waals surface area contributed by atoms with Gasteiger partial charge in [-0.3, -0.25) is 4.57 Å². The maximum absolute atomic E-state index is 11.4. The summed E-state index contributed by atoms with van der Waals surface area (Å²) >= 11 is 5.73. The predicted octanol–water partition coefficient (Wildman–Crippen LogP) is 1.88. The molecular formula is C8H12O5P2S2. The molecule has 0 fully saturated rings. The molecule has 0 aliphatic heterocycles. The first-order valence-electron chi connectivity index (χ1n) is 4.41. The van der Waals surface area contributed by atoms with E-state index in [1.807, 2.05) is 0 Å². The zero-order valence-corrected chi connectivity index (χ0v) is 12.2. The summed E-state index contributed by atoms with van der Waals surface area (Å²) in [7, 11) is -4.73.